The summed E-state index contributed by atoms with van der Waals surface area (Å²) in [6.45, 7) is 5.14. The average Bonchev–Trinajstić information content (AvgIpc) is 2.67. The second kappa shape index (κ2) is 7.91. The molecule has 1 aliphatic rings. The molecule has 0 bridgehead atoms. The number of carbonyl (C=O) groups excluding carboxylic acids is 1. The molecule has 1 N–H and O–H groups in total. The van der Waals surface area contributed by atoms with E-state index in [-0.39, 0.29) is 5.91 Å². The van der Waals surface area contributed by atoms with Crippen molar-refractivity contribution in [2.24, 2.45) is 0 Å². The first-order valence-electron chi connectivity index (χ1n) is 8.69. The first-order valence-corrected chi connectivity index (χ1v) is 8.69. The van der Waals surface area contributed by atoms with E-state index in [1.54, 1.807) is 7.11 Å². The minimum atomic E-state index is -0.0475. The molecule has 0 unspecified atom stereocenters. The molecule has 0 aliphatic carbocycles. The molecule has 0 spiro atoms. The Labute approximate surface area is 154 Å². The van der Waals surface area contributed by atoms with Gasteiger partial charge in [0.25, 0.3) is 5.91 Å². The lowest BCUT2D eigenvalue weighted by Crippen LogP contribution is -2.22. The van der Waals surface area contributed by atoms with Crippen molar-refractivity contribution in [2.75, 3.05) is 20.3 Å². The molecule has 0 aromatic heterocycles. The Balaban J connectivity index is 1.81. The summed E-state index contributed by atoms with van der Waals surface area (Å²) >= 11 is 0. The number of amides is 1. The van der Waals surface area contributed by atoms with Gasteiger partial charge in [0.15, 0.2) is 0 Å². The molecular weight excluding hydrogens is 326 g/mol. The van der Waals surface area contributed by atoms with Crippen LogP contribution in [0.25, 0.3) is 12.2 Å². The van der Waals surface area contributed by atoms with Crippen molar-refractivity contribution >= 4 is 18.1 Å². The summed E-state index contributed by atoms with van der Waals surface area (Å²) in [4.78, 5) is 11.8. The molecule has 2 aromatic carbocycles. The minimum Gasteiger partial charge on any atom is -0.497 e. The maximum Gasteiger partial charge on any atom is 0.251 e. The minimum absolute atomic E-state index is 0.0475. The molecule has 0 saturated heterocycles. The molecular formula is C22H23NO3. The second-order valence-corrected chi connectivity index (χ2v) is 6.17. The Morgan fingerprint density at radius 2 is 2.00 bits per heavy atom. The summed E-state index contributed by atoms with van der Waals surface area (Å²) in [6, 6.07) is 13.4. The number of ether oxygens (including phenoxy) is 2. The van der Waals surface area contributed by atoms with Crippen molar-refractivity contribution in [3.05, 3.63) is 70.3 Å². The van der Waals surface area contributed by atoms with Gasteiger partial charge in [0.2, 0.25) is 0 Å². The van der Waals surface area contributed by atoms with E-state index in [0.717, 1.165) is 33.8 Å². The predicted molar refractivity (Wildman–Crippen MR) is 105 cm³/mol. The molecule has 1 aliphatic heterocycles. The van der Waals surface area contributed by atoms with E-state index in [2.05, 4.69) is 24.4 Å². The van der Waals surface area contributed by atoms with Crippen LogP contribution < -0.4 is 14.8 Å². The average molecular weight is 349 g/mol. The van der Waals surface area contributed by atoms with Crippen LogP contribution in [0.5, 0.6) is 11.5 Å². The third-order valence-corrected chi connectivity index (χ3v) is 4.33. The Morgan fingerprint density at radius 3 is 2.69 bits per heavy atom. The maximum atomic E-state index is 11.8. The fourth-order valence-electron chi connectivity index (χ4n) is 2.85. The van der Waals surface area contributed by atoms with Crippen LogP contribution in [0.2, 0.25) is 0 Å². The van der Waals surface area contributed by atoms with Gasteiger partial charge in [0, 0.05) is 17.7 Å². The molecule has 0 fully saturated rings. The summed E-state index contributed by atoms with van der Waals surface area (Å²) < 4.78 is 11.1. The molecule has 0 radical (unpaired) electrons. The fourth-order valence-corrected chi connectivity index (χ4v) is 2.85. The van der Waals surface area contributed by atoms with Gasteiger partial charge in [-0.15, -0.1) is 0 Å². The number of methoxy groups -OCH3 is 1. The van der Waals surface area contributed by atoms with E-state index < -0.39 is 0 Å². The summed E-state index contributed by atoms with van der Waals surface area (Å²) in [6.07, 6.45) is 4.23. The fraction of sp³-hybridized carbons (Fsp3) is 0.227. The lowest BCUT2D eigenvalue weighted by atomic mass is 9.99. The van der Waals surface area contributed by atoms with Crippen molar-refractivity contribution in [3.63, 3.8) is 0 Å². The highest BCUT2D eigenvalue weighted by Crippen LogP contribution is 2.32. The molecule has 0 saturated carbocycles. The van der Waals surface area contributed by atoms with Gasteiger partial charge >= 0.3 is 0 Å². The van der Waals surface area contributed by atoms with Crippen LogP contribution in [-0.2, 0) is 0 Å². The highest BCUT2D eigenvalue weighted by atomic mass is 16.5. The summed E-state index contributed by atoms with van der Waals surface area (Å²) in [5.41, 5.74) is 4.99. The van der Waals surface area contributed by atoms with Crippen LogP contribution in [0.3, 0.4) is 0 Å². The van der Waals surface area contributed by atoms with E-state index in [0.29, 0.717) is 18.7 Å². The van der Waals surface area contributed by atoms with Crippen LogP contribution in [-0.4, -0.2) is 26.2 Å². The van der Waals surface area contributed by atoms with Crippen molar-refractivity contribution in [1.29, 1.82) is 0 Å². The molecule has 0 atom stereocenters. The summed E-state index contributed by atoms with van der Waals surface area (Å²) in [5, 5.41) is 2.80. The number of carbonyl (C=O) groups is 1. The number of hydrogen-bond donors (Lipinski definition) is 1. The quantitative estimate of drug-likeness (QED) is 0.874. The van der Waals surface area contributed by atoms with Gasteiger partial charge in [0.1, 0.15) is 18.1 Å². The topological polar surface area (TPSA) is 47.6 Å². The van der Waals surface area contributed by atoms with Crippen LogP contribution in [0.15, 0.2) is 53.6 Å². The SMILES string of the molecule is CCNC(=O)c1ccc(C=C(C)C2=Cc3cc(OC)ccc3OC2)cc1. The Hall–Kier alpha value is -3.01. The zero-order chi connectivity index (χ0) is 18.5. The Bertz CT molecular complexity index is 863. The number of rotatable bonds is 5. The van der Waals surface area contributed by atoms with E-state index in [4.69, 9.17) is 9.47 Å². The lowest BCUT2D eigenvalue weighted by molar-refractivity contribution is 0.0956. The van der Waals surface area contributed by atoms with Crippen LogP contribution >= 0.6 is 0 Å². The highest BCUT2D eigenvalue weighted by molar-refractivity contribution is 5.94. The molecule has 3 rings (SSSR count). The molecule has 26 heavy (non-hydrogen) atoms. The number of benzene rings is 2. The van der Waals surface area contributed by atoms with E-state index in [9.17, 15) is 4.79 Å². The largest absolute Gasteiger partial charge is 0.497 e. The Kier molecular flexibility index (Phi) is 5.42. The molecule has 4 nitrogen and oxygen atoms in total. The van der Waals surface area contributed by atoms with E-state index in [1.165, 1.54) is 0 Å². The highest BCUT2D eigenvalue weighted by Gasteiger charge is 2.13. The van der Waals surface area contributed by atoms with Crippen LogP contribution in [0.4, 0.5) is 0 Å². The smallest absolute Gasteiger partial charge is 0.251 e. The molecule has 2 aromatic rings. The van der Waals surface area contributed by atoms with Gasteiger partial charge in [-0.25, -0.2) is 0 Å². The zero-order valence-electron chi connectivity index (χ0n) is 15.3. The van der Waals surface area contributed by atoms with Gasteiger partial charge in [0.05, 0.1) is 7.11 Å². The lowest BCUT2D eigenvalue weighted by Gasteiger charge is -2.19. The predicted octanol–water partition coefficient (Wildman–Crippen LogP) is 4.32. The van der Waals surface area contributed by atoms with Crippen LogP contribution in [0, 0.1) is 0 Å². The first-order chi connectivity index (χ1) is 12.6. The monoisotopic (exact) mass is 349 g/mol. The number of hydrogen-bond acceptors (Lipinski definition) is 3. The second-order valence-electron chi connectivity index (χ2n) is 6.17. The van der Waals surface area contributed by atoms with Crippen molar-refractivity contribution in [1.82, 2.24) is 5.32 Å². The Morgan fingerprint density at radius 1 is 1.23 bits per heavy atom. The molecule has 1 amide bonds. The van der Waals surface area contributed by atoms with Gasteiger partial charge in [-0.2, -0.15) is 0 Å². The van der Waals surface area contributed by atoms with Crippen LogP contribution in [0.1, 0.15) is 35.3 Å². The van der Waals surface area contributed by atoms with Crippen molar-refractivity contribution in [2.45, 2.75) is 13.8 Å². The van der Waals surface area contributed by atoms with E-state index >= 15 is 0 Å². The summed E-state index contributed by atoms with van der Waals surface area (Å²) in [7, 11) is 1.66. The molecule has 4 heteroatoms. The van der Waals surface area contributed by atoms with Gasteiger partial charge < -0.3 is 14.8 Å². The van der Waals surface area contributed by atoms with Crippen molar-refractivity contribution in [3.8, 4) is 11.5 Å². The standard InChI is InChI=1S/C22H23NO3/c1-4-23-22(24)17-7-5-16(6-8-17)11-15(2)19-12-18-13-20(25-3)9-10-21(18)26-14-19/h5-13H,4,14H2,1-3H3,(H,23,24). The van der Waals surface area contributed by atoms with Gasteiger partial charge in [-0.05, 0) is 67.0 Å². The number of nitrogens with one attached hydrogen (secondary N) is 1. The maximum absolute atomic E-state index is 11.8. The zero-order valence-corrected chi connectivity index (χ0v) is 15.3. The van der Waals surface area contributed by atoms with Gasteiger partial charge in [-0.1, -0.05) is 18.2 Å². The summed E-state index contributed by atoms with van der Waals surface area (Å²) in [5.74, 6) is 1.63. The van der Waals surface area contributed by atoms with E-state index in [1.807, 2.05) is 49.4 Å². The number of fused-ring (bicyclic) bond motifs is 1. The van der Waals surface area contributed by atoms with Crippen molar-refractivity contribution < 1.29 is 14.3 Å². The molecule has 134 valence electrons. The molecule has 1 heterocycles. The third kappa shape index (κ3) is 3.97. The first kappa shape index (κ1) is 17.8. The van der Waals surface area contributed by atoms with Gasteiger partial charge in [-0.3, -0.25) is 4.79 Å². The normalized spacial score (nSPS) is 13.3. The third-order valence-electron chi connectivity index (χ3n) is 4.33.